The monoisotopic (exact) mass is 275 g/mol. The molecule has 1 aromatic rings. The van der Waals surface area contributed by atoms with Crippen LogP contribution >= 0.6 is 15.9 Å². The Morgan fingerprint density at radius 1 is 1.60 bits per heavy atom. The molecule has 0 fully saturated rings. The minimum absolute atomic E-state index is 0.270. The zero-order valence-electron chi connectivity index (χ0n) is 7.74. The molecule has 0 aromatic heterocycles. The molecule has 0 amide bonds. The summed E-state index contributed by atoms with van der Waals surface area (Å²) >= 11 is 2.99. The zero-order chi connectivity index (χ0) is 11.6. The fourth-order valence-electron chi connectivity index (χ4n) is 1.03. The van der Waals surface area contributed by atoms with Crippen LogP contribution in [0.4, 0.5) is 10.1 Å². The molecule has 6 heteroatoms. The summed E-state index contributed by atoms with van der Waals surface area (Å²) in [6.07, 6.45) is 0. The number of hydrogen-bond donors (Lipinski definition) is 0. The lowest BCUT2D eigenvalue weighted by atomic mass is 10.1. The van der Waals surface area contributed by atoms with E-state index in [0.29, 0.717) is 0 Å². The summed E-state index contributed by atoms with van der Waals surface area (Å²) in [5.41, 5.74) is -0.568. The molecule has 0 saturated carbocycles. The number of carbonyl (C=O) groups is 1. The first-order valence-electron chi connectivity index (χ1n) is 4.05. The maximum atomic E-state index is 13.2. The highest BCUT2D eigenvalue weighted by atomic mass is 79.9. The Morgan fingerprint density at radius 3 is 2.67 bits per heavy atom. The number of benzene rings is 1. The number of rotatable bonds is 3. The molecular formula is C9H7BrFNO3. The van der Waals surface area contributed by atoms with Crippen LogP contribution in [0.1, 0.15) is 17.3 Å². The van der Waals surface area contributed by atoms with Crippen molar-refractivity contribution >= 4 is 27.4 Å². The second kappa shape index (κ2) is 4.48. The number of Topliss-reactive ketones (excluding diaryl/α,β-unsaturated/α-hetero) is 1. The van der Waals surface area contributed by atoms with Gasteiger partial charge in [0.15, 0.2) is 5.78 Å². The van der Waals surface area contributed by atoms with Crippen LogP contribution in [0.2, 0.25) is 0 Å². The van der Waals surface area contributed by atoms with Crippen LogP contribution in [0.3, 0.4) is 0 Å². The van der Waals surface area contributed by atoms with E-state index in [1.54, 1.807) is 0 Å². The van der Waals surface area contributed by atoms with Gasteiger partial charge in [-0.15, -0.1) is 0 Å². The highest BCUT2D eigenvalue weighted by molar-refractivity contribution is 9.10. The third-order valence-corrected chi connectivity index (χ3v) is 2.20. The van der Waals surface area contributed by atoms with Crippen molar-refractivity contribution in [3.63, 3.8) is 0 Å². The maximum absolute atomic E-state index is 13.2. The lowest BCUT2D eigenvalue weighted by Crippen LogP contribution is -2.12. The van der Waals surface area contributed by atoms with Crippen molar-refractivity contribution < 1.29 is 14.1 Å². The van der Waals surface area contributed by atoms with Gasteiger partial charge in [0.05, 0.1) is 15.3 Å². The van der Waals surface area contributed by atoms with Gasteiger partial charge in [-0.05, 0) is 13.0 Å². The van der Waals surface area contributed by atoms with Gasteiger partial charge in [0.1, 0.15) is 5.82 Å². The molecule has 0 heterocycles. The normalized spacial score (nSPS) is 12.2. The summed E-state index contributed by atoms with van der Waals surface area (Å²) in [4.78, 5) is 20.6. The number of halogens is 2. The van der Waals surface area contributed by atoms with Gasteiger partial charge in [-0.2, -0.15) is 0 Å². The van der Waals surface area contributed by atoms with Gasteiger partial charge < -0.3 is 0 Å². The van der Waals surface area contributed by atoms with Crippen LogP contribution in [0.25, 0.3) is 0 Å². The number of hydrogen-bond acceptors (Lipinski definition) is 3. The van der Waals surface area contributed by atoms with Gasteiger partial charge in [0, 0.05) is 12.1 Å². The van der Waals surface area contributed by atoms with Crippen LogP contribution in [0.5, 0.6) is 0 Å². The summed E-state index contributed by atoms with van der Waals surface area (Å²) in [6.45, 7) is 1.53. The second-order valence-corrected chi connectivity index (χ2v) is 4.28. The van der Waals surface area contributed by atoms with E-state index in [2.05, 4.69) is 15.9 Å². The predicted octanol–water partition coefficient (Wildman–Crippen LogP) is 2.70. The lowest BCUT2D eigenvalue weighted by Gasteiger charge is -2.03. The molecule has 1 atom stereocenters. The number of carbonyl (C=O) groups excluding carboxylic acids is 1. The van der Waals surface area contributed by atoms with Crippen molar-refractivity contribution in [3.05, 3.63) is 39.7 Å². The first-order valence-corrected chi connectivity index (χ1v) is 4.97. The highest BCUT2D eigenvalue weighted by Crippen LogP contribution is 2.19. The Kier molecular flexibility index (Phi) is 3.52. The number of nitrogens with zero attached hydrogens (tertiary/aromatic N) is 1. The third-order valence-electron chi connectivity index (χ3n) is 1.79. The predicted molar refractivity (Wildman–Crippen MR) is 55.8 cm³/mol. The molecule has 0 aliphatic heterocycles. The van der Waals surface area contributed by atoms with Crippen molar-refractivity contribution in [2.75, 3.05) is 0 Å². The van der Waals surface area contributed by atoms with Crippen LogP contribution in [-0.2, 0) is 0 Å². The number of non-ortho nitro benzene ring substituents is 1. The van der Waals surface area contributed by atoms with E-state index < -0.39 is 21.4 Å². The zero-order valence-corrected chi connectivity index (χ0v) is 9.32. The van der Waals surface area contributed by atoms with Gasteiger partial charge in [-0.1, -0.05) is 15.9 Å². The Labute approximate surface area is 93.4 Å². The van der Waals surface area contributed by atoms with Crippen LogP contribution in [-0.4, -0.2) is 15.5 Å². The summed E-state index contributed by atoms with van der Waals surface area (Å²) in [7, 11) is 0. The van der Waals surface area contributed by atoms with Crippen LogP contribution in [0, 0.1) is 15.9 Å². The fourth-order valence-corrected chi connectivity index (χ4v) is 1.28. The Morgan fingerprint density at radius 2 is 2.20 bits per heavy atom. The van der Waals surface area contributed by atoms with Crippen molar-refractivity contribution in [1.29, 1.82) is 0 Å². The van der Waals surface area contributed by atoms with E-state index >= 15 is 0 Å². The van der Waals surface area contributed by atoms with E-state index in [4.69, 9.17) is 0 Å². The van der Waals surface area contributed by atoms with Crippen LogP contribution < -0.4 is 0 Å². The molecule has 4 nitrogen and oxygen atoms in total. The Hall–Kier alpha value is -1.30. The summed E-state index contributed by atoms with van der Waals surface area (Å²) < 4.78 is 13.2. The molecule has 1 rings (SSSR count). The first-order chi connectivity index (χ1) is 6.93. The molecule has 0 spiro atoms. The second-order valence-electron chi connectivity index (χ2n) is 2.90. The van der Waals surface area contributed by atoms with Crippen molar-refractivity contribution in [2.24, 2.45) is 0 Å². The smallest absolute Gasteiger partial charge is 0.270 e. The maximum Gasteiger partial charge on any atom is 0.270 e. The van der Waals surface area contributed by atoms with Crippen molar-refractivity contribution in [1.82, 2.24) is 0 Å². The topological polar surface area (TPSA) is 60.2 Å². The van der Waals surface area contributed by atoms with Gasteiger partial charge in [-0.25, -0.2) is 4.39 Å². The number of alkyl halides is 1. The van der Waals surface area contributed by atoms with Crippen molar-refractivity contribution in [3.8, 4) is 0 Å². The van der Waals surface area contributed by atoms with Gasteiger partial charge in [0.2, 0.25) is 0 Å². The number of ketones is 1. The standard InChI is InChI=1S/C9H7BrFNO3/c1-5(10)9(13)7-4-6(12(14)15)2-3-8(7)11/h2-5H,1H3. The van der Waals surface area contributed by atoms with E-state index in [-0.39, 0.29) is 11.3 Å². The SMILES string of the molecule is CC(Br)C(=O)c1cc([N+](=O)[O-])ccc1F. The first kappa shape index (κ1) is 11.8. The summed E-state index contributed by atoms with van der Waals surface area (Å²) in [6, 6.07) is 2.88. The average Bonchev–Trinajstić information content (AvgIpc) is 2.16. The number of nitro groups is 1. The molecular weight excluding hydrogens is 269 g/mol. The van der Waals surface area contributed by atoms with Gasteiger partial charge >= 0.3 is 0 Å². The van der Waals surface area contributed by atoms with Gasteiger partial charge in [-0.3, -0.25) is 14.9 Å². The molecule has 0 radical (unpaired) electrons. The molecule has 0 N–H and O–H groups in total. The van der Waals surface area contributed by atoms with Gasteiger partial charge in [0.25, 0.3) is 5.69 Å². The van der Waals surface area contributed by atoms with E-state index in [1.807, 2.05) is 0 Å². The summed E-state index contributed by atoms with van der Waals surface area (Å²) in [5, 5.41) is 10.4. The molecule has 1 aromatic carbocycles. The quantitative estimate of drug-likeness (QED) is 0.369. The summed E-state index contributed by atoms with van der Waals surface area (Å²) in [5.74, 6) is -1.27. The third kappa shape index (κ3) is 2.59. The van der Waals surface area contributed by atoms with Crippen molar-refractivity contribution in [2.45, 2.75) is 11.8 Å². The molecule has 1 unspecified atom stereocenters. The molecule has 15 heavy (non-hydrogen) atoms. The van der Waals surface area contributed by atoms with E-state index in [0.717, 1.165) is 18.2 Å². The Balaban J connectivity index is 3.22. The molecule has 0 saturated heterocycles. The average molecular weight is 276 g/mol. The Bertz CT molecular complexity index is 420. The molecule has 0 aliphatic rings. The van der Waals surface area contributed by atoms with Crippen LogP contribution in [0.15, 0.2) is 18.2 Å². The minimum atomic E-state index is -0.753. The lowest BCUT2D eigenvalue weighted by molar-refractivity contribution is -0.384. The number of nitro benzene ring substituents is 1. The minimum Gasteiger partial charge on any atom is -0.293 e. The highest BCUT2D eigenvalue weighted by Gasteiger charge is 2.19. The largest absolute Gasteiger partial charge is 0.293 e. The van der Waals surface area contributed by atoms with E-state index in [9.17, 15) is 19.3 Å². The molecule has 80 valence electrons. The molecule has 0 aliphatic carbocycles. The molecule has 0 bridgehead atoms. The fraction of sp³-hybridized carbons (Fsp3) is 0.222. The van der Waals surface area contributed by atoms with E-state index in [1.165, 1.54) is 6.92 Å².